The Morgan fingerprint density at radius 1 is 1.38 bits per heavy atom. The van der Waals surface area contributed by atoms with Crippen LogP contribution >= 0.6 is 0 Å². The van der Waals surface area contributed by atoms with E-state index in [1.807, 2.05) is 19.0 Å². The number of phenols is 1. The van der Waals surface area contributed by atoms with Gasteiger partial charge in [0.05, 0.1) is 6.61 Å². The van der Waals surface area contributed by atoms with Crippen LogP contribution in [-0.4, -0.2) is 36.7 Å². The molecule has 2 aromatic rings. The number of esters is 1. The fourth-order valence-electron chi connectivity index (χ4n) is 2.03. The maximum absolute atomic E-state index is 11.8. The third-order valence-corrected chi connectivity index (χ3v) is 2.94. The van der Waals surface area contributed by atoms with Crippen LogP contribution in [0, 0.1) is 0 Å². The molecule has 0 bridgehead atoms. The van der Waals surface area contributed by atoms with Crippen LogP contribution < -0.4 is 5.63 Å². The number of nitrogens with zero attached hydrogens (tertiary/aromatic N) is 1. The van der Waals surface area contributed by atoms with Crippen molar-refractivity contribution in [2.45, 2.75) is 13.5 Å². The number of hydrogen-bond acceptors (Lipinski definition) is 6. The molecule has 1 aromatic carbocycles. The molecular weight excluding hydrogens is 274 g/mol. The first-order chi connectivity index (χ1) is 9.93. The molecule has 1 aromatic heterocycles. The minimum absolute atomic E-state index is 0.0763. The quantitative estimate of drug-likeness (QED) is 0.682. The van der Waals surface area contributed by atoms with E-state index in [0.29, 0.717) is 17.5 Å². The molecule has 1 heterocycles. The second kappa shape index (κ2) is 5.97. The Labute approximate surface area is 121 Å². The molecule has 112 valence electrons. The number of hydrogen-bond donors (Lipinski definition) is 1. The Morgan fingerprint density at radius 3 is 2.71 bits per heavy atom. The van der Waals surface area contributed by atoms with Crippen LogP contribution in [-0.2, 0) is 11.3 Å². The fraction of sp³-hybridized carbons (Fsp3) is 0.333. The summed E-state index contributed by atoms with van der Waals surface area (Å²) in [6.07, 6.45) is 0. The van der Waals surface area contributed by atoms with Gasteiger partial charge in [-0.15, -0.1) is 0 Å². The summed E-state index contributed by atoms with van der Waals surface area (Å²) in [6, 6.07) is 4.80. The van der Waals surface area contributed by atoms with Crippen molar-refractivity contribution in [2.75, 3.05) is 20.7 Å². The number of phenolic OH excluding ortho intramolecular Hbond substituents is 1. The number of rotatable bonds is 4. The van der Waals surface area contributed by atoms with Crippen molar-refractivity contribution in [2.24, 2.45) is 0 Å². The van der Waals surface area contributed by atoms with E-state index in [0.717, 1.165) is 0 Å². The van der Waals surface area contributed by atoms with Gasteiger partial charge in [-0.25, -0.2) is 9.59 Å². The Morgan fingerprint density at radius 2 is 2.10 bits per heavy atom. The number of fused-ring (bicyclic) bond motifs is 1. The van der Waals surface area contributed by atoms with Crippen molar-refractivity contribution in [3.8, 4) is 5.75 Å². The summed E-state index contributed by atoms with van der Waals surface area (Å²) in [6.45, 7) is 2.33. The van der Waals surface area contributed by atoms with Gasteiger partial charge in [-0.05, 0) is 27.1 Å². The molecule has 0 radical (unpaired) electrons. The monoisotopic (exact) mass is 291 g/mol. The first-order valence-electron chi connectivity index (χ1n) is 6.54. The topological polar surface area (TPSA) is 80.0 Å². The second-order valence-electron chi connectivity index (χ2n) is 4.90. The van der Waals surface area contributed by atoms with E-state index in [1.165, 1.54) is 6.07 Å². The molecule has 0 amide bonds. The summed E-state index contributed by atoms with van der Waals surface area (Å²) in [5, 5.41) is 10.7. The highest BCUT2D eigenvalue weighted by atomic mass is 16.5. The SMILES string of the molecule is CCOC(=O)c1cc2ccc(CN(C)C)c(O)c2oc1=O. The Bertz CT molecular complexity index is 733. The molecule has 0 unspecified atom stereocenters. The standard InChI is InChI=1S/C15H17NO5/c1-4-20-14(18)11-7-9-5-6-10(8-16(2)3)12(17)13(9)21-15(11)19/h5-7,17H,4,8H2,1-3H3. The van der Waals surface area contributed by atoms with Gasteiger partial charge in [-0.3, -0.25) is 0 Å². The molecule has 1 N–H and O–H groups in total. The van der Waals surface area contributed by atoms with Gasteiger partial charge in [-0.2, -0.15) is 0 Å². The minimum Gasteiger partial charge on any atom is -0.504 e. The van der Waals surface area contributed by atoms with Gasteiger partial charge in [0.25, 0.3) is 0 Å². The molecule has 2 rings (SSSR count). The second-order valence-corrected chi connectivity index (χ2v) is 4.90. The smallest absolute Gasteiger partial charge is 0.351 e. The fourth-order valence-corrected chi connectivity index (χ4v) is 2.03. The van der Waals surface area contributed by atoms with Crippen LogP contribution in [0.1, 0.15) is 22.8 Å². The van der Waals surface area contributed by atoms with Crippen molar-refractivity contribution in [1.29, 1.82) is 0 Å². The zero-order chi connectivity index (χ0) is 15.6. The van der Waals surface area contributed by atoms with Crippen molar-refractivity contribution < 1.29 is 19.1 Å². The van der Waals surface area contributed by atoms with Gasteiger partial charge in [0.1, 0.15) is 5.56 Å². The summed E-state index contributed by atoms with van der Waals surface area (Å²) < 4.78 is 9.88. The van der Waals surface area contributed by atoms with E-state index in [1.54, 1.807) is 19.1 Å². The molecule has 0 spiro atoms. The van der Waals surface area contributed by atoms with Gasteiger partial charge < -0.3 is 19.2 Å². The first-order valence-corrected chi connectivity index (χ1v) is 6.54. The molecule has 0 saturated carbocycles. The Kier molecular flexibility index (Phi) is 4.28. The van der Waals surface area contributed by atoms with Crippen molar-refractivity contribution in [3.05, 3.63) is 39.7 Å². The number of ether oxygens (including phenoxy) is 1. The molecule has 0 aliphatic rings. The lowest BCUT2D eigenvalue weighted by atomic mass is 10.1. The molecular formula is C15H17NO5. The number of carbonyl (C=O) groups is 1. The highest BCUT2D eigenvalue weighted by molar-refractivity contribution is 5.94. The Balaban J connectivity index is 2.56. The molecule has 6 nitrogen and oxygen atoms in total. The number of aromatic hydroxyl groups is 1. The maximum Gasteiger partial charge on any atom is 0.351 e. The normalized spacial score (nSPS) is 11.0. The maximum atomic E-state index is 11.8. The zero-order valence-corrected chi connectivity index (χ0v) is 12.2. The summed E-state index contributed by atoms with van der Waals surface area (Å²) in [5.41, 5.74) is -0.283. The summed E-state index contributed by atoms with van der Waals surface area (Å²) in [4.78, 5) is 25.4. The Hall–Kier alpha value is -2.34. The average Bonchev–Trinajstić information content (AvgIpc) is 2.42. The van der Waals surface area contributed by atoms with Gasteiger partial charge in [0, 0.05) is 17.5 Å². The lowest BCUT2D eigenvalue weighted by molar-refractivity contribution is 0.0521. The summed E-state index contributed by atoms with van der Waals surface area (Å²) >= 11 is 0. The summed E-state index contributed by atoms with van der Waals surface area (Å²) in [5.74, 6) is -0.821. The largest absolute Gasteiger partial charge is 0.504 e. The third kappa shape index (κ3) is 3.05. The third-order valence-electron chi connectivity index (χ3n) is 2.94. The highest BCUT2D eigenvalue weighted by Crippen LogP contribution is 2.28. The van der Waals surface area contributed by atoms with Crippen molar-refractivity contribution in [1.82, 2.24) is 4.90 Å². The predicted octanol–water partition coefficient (Wildman–Crippen LogP) is 1.74. The average molecular weight is 291 g/mol. The molecule has 21 heavy (non-hydrogen) atoms. The zero-order valence-electron chi connectivity index (χ0n) is 12.2. The van der Waals surface area contributed by atoms with Crippen LogP contribution in [0.5, 0.6) is 5.75 Å². The van der Waals surface area contributed by atoms with Crippen LogP contribution in [0.25, 0.3) is 11.0 Å². The molecule has 0 aliphatic heterocycles. The highest BCUT2D eigenvalue weighted by Gasteiger charge is 2.17. The van der Waals surface area contributed by atoms with Gasteiger partial charge in [0.15, 0.2) is 11.3 Å². The van der Waals surface area contributed by atoms with E-state index in [2.05, 4.69) is 0 Å². The predicted molar refractivity (Wildman–Crippen MR) is 77.5 cm³/mol. The van der Waals surface area contributed by atoms with Crippen LogP contribution in [0.2, 0.25) is 0 Å². The lowest BCUT2D eigenvalue weighted by Crippen LogP contribution is -2.16. The van der Waals surface area contributed by atoms with E-state index in [-0.39, 0.29) is 23.5 Å². The van der Waals surface area contributed by atoms with Crippen LogP contribution in [0.15, 0.2) is 27.4 Å². The summed E-state index contributed by atoms with van der Waals surface area (Å²) in [7, 11) is 3.73. The van der Waals surface area contributed by atoms with E-state index >= 15 is 0 Å². The van der Waals surface area contributed by atoms with E-state index in [4.69, 9.17) is 9.15 Å². The first kappa shape index (κ1) is 15.1. The van der Waals surface area contributed by atoms with Crippen molar-refractivity contribution in [3.63, 3.8) is 0 Å². The lowest BCUT2D eigenvalue weighted by Gasteiger charge is -2.12. The van der Waals surface area contributed by atoms with E-state index in [9.17, 15) is 14.7 Å². The van der Waals surface area contributed by atoms with Crippen LogP contribution in [0.3, 0.4) is 0 Å². The molecule has 0 fully saturated rings. The molecule has 6 heteroatoms. The molecule has 0 saturated heterocycles. The van der Waals surface area contributed by atoms with Gasteiger partial charge in [-0.1, -0.05) is 12.1 Å². The van der Waals surface area contributed by atoms with Crippen molar-refractivity contribution >= 4 is 16.9 Å². The van der Waals surface area contributed by atoms with Gasteiger partial charge in [0.2, 0.25) is 0 Å². The van der Waals surface area contributed by atoms with E-state index < -0.39 is 11.6 Å². The number of benzene rings is 1. The molecule has 0 atom stereocenters. The molecule has 0 aliphatic carbocycles. The van der Waals surface area contributed by atoms with Gasteiger partial charge >= 0.3 is 11.6 Å². The number of carbonyl (C=O) groups excluding carboxylic acids is 1. The van der Waals surface area contributed by atoms with Crippen LogP contribution in [0.4, 0.5) is 0 Å². The minimum atomic E-state index is -0.821.